The molecule has 5 amide bonds. The van der Waals surface area contributed by atoms with Crippen molar-refractivity contribution in [1.82, 2.24) is 26.2 Å². The van der Waals surface area contributed by atoms with E-state index in [1.807, 2.05) is 30.3 Å². The first-order chi connectivity index (χ1) is 26.0. The Hall–Kier alpha value is -6.04. The van der Waals surface area contributed by atoms with Crippen molar-refractivity contribution in [3.8, 4) is 5.75 Å². The molecular weight excluding hydrogens is 689 g/mol. The molecule has 3 aliphatic heterocycles. The Labute approximate surface area is 314 Å². The number of ether oxygens (including phenoxy) is 1. The molecule has 0 saturated carbocycles. The fraction of sp³-hybridized carbons (Fsp3) is 0.310. The quantitative estimate of drug-likeness (QED) is 0.277. The Morgan fingerprint density at radius 1 is 0.944 bits per heavy atom. The first kappa shape index (κ1) is 39.2. The number of fused-ring (bicyclic) bond motifs is 14. The van der Waals surface area contributed by atoms with E-state index in [0.717, 1.165) is 18.4 Å². The predicted octanol–water partition coefficient (Wildman–Crippen LogP) is 4.71. The Morgan fingerprint density at radius 2 is 1.67 bits per heavy atom. The zero-order valence-electron chi connectivity index (χ0n) is 30.5. The minimum absolute atomic E-state index is 0.00238. The first-order valence-corrected chi connectivity index (χ1v) is 18.0. The van der Waals surface area contributed by atoms with Crippen LogP contribution in [0, 0.1) is 5.82 Å². The summed E-state index contributed by atoms with van der Waals surface area (Å²) in [5.74, 6) is -2.32. The van der Waals surface area contributed by atoms with E-state index in [1.54, 1.807) is 72.5 Å². The van der Waals surface area contributed by atoms with Crippen molar-refractivity contribution in [2.24, 2.45) is 0 Å². The van der Waals surface area contributed by atoms with Crippen LogP contribution < -0.4 is 26.0 Å². The van der Waals surface area contributed by atoms with E-state index < -0.39 is 54.0 Å². The summed E-state index contributed by atoms with van der Waals surface area (Å²) >= 11 is 0. The lowest BCUT2D eigenvalue weighted by Gasteiger charge is -2.29. The maximum atomic E-state index is 14.4. The van der Waals surface area contributed by atoms with E-state index in [9.17, 15) is 28.4 Å². The minimum atomic E-state index is -1.42. The van der Waals surface area contributed by atoms with Crippen molar-refractivity contribution in [2.75, 3.05) is 6.54 Å². The second-order valence-corrected chi connectivity index (χ2v) is 13.5. The number of hydrogen-bond donors (Lipinski definition) is 4. The number of carbonyl (C=O) groups is 5. The summed E-state index contributed by atoms with van der Waals surface area (Å²) < 4.78 is 20.4. The Kier molecular flexibility index (Phi) is 13.5. The second kappa shape index (κ2) is 18.6. The molecule has 54 heavy (non-hydrogen) atoms. The maximum Gasteiger partial charge on any atom is 0.243 e. The summed E-state index contributed by atoms with van der Waals surface area (Å²) in [4.78, 5) is 69.8. The highest BCUT2D eigenvalue weighted by molar-refractivity contribution is 5.96. The molecule has 4 atom stereocenters. The molecule has 3 aromatic rings. The van der Waals surface area contributed by atoms with Gasteiger partial charge in [0.1, 0.15) is 35.5 Å². The monoisotopic (exact) mass is 735 g/mol. The average molecular weight is 736 g/mol. The number of carbonyl (C=O) groups excluding carboxylic acids is 5. The van der Waals surface area contributed by atoms with Gasteiger partial charge in [0.05, 0.1) is 12.5 Å². The lowest BCUT2D eigenvalue weighted by Crippen LogP contribution is -2.58. The van der Waals surface area contributed by atoms with E-state index in [-0.39, 0.29) is 36.9 Å². The van der Waals surface area contributed by atoms with Crippen molar-refractivity contribution in [3.05, 3.63) is 138 Å². The van der Waals surface area contributed by atoms with Crippen molar-refractivity contribution in [3.63, 3.8) is 0 Å². The molecule has 0 aromatic heterocycles. The molecule has 3 aromatic carbocycles. The van der Waals surface area contributed by atoms with Crippen LogP contribution in [0.2, 0.25) is 0 Å². The molecular formula is C42H46FN5O6. The van der Waals surface area contributed by atoms with Gasteiger partial charge in [-0.25, -0.2) is 4.39 Å². The molecule has 0 radical (unpaired) electrons. The van der Waals surface area contributed by atoms with E-state index in [4.69, 9.17) is 4.74 Å². The first-order valence-electron chi connectivity index (χ1n) is 18.0. The highest BCUT2D eigenvalue weighted by Gasteiger charge is 2.35. The molecule has 3 unspecified atom stereocenters. The average Bonchev–Trinajstić information content (AvgIpc) is 3.65. The van der Waals surface area contributed by atoms with Crippen LogP contribution in [0.25, 0.3) is 0 Å². The lowest BCUT2D eigenvalue weighted by molar-refractivity contribution is -0.138. The number of allylic oxidation sites excluding steroid dienone is 4. The molecule has 4 N–H and O–H groups in total. The predicted molar refractivity (Wildman–Crippen MR) is 202 cm³/mol. The minimum Gasteiger partial charge on any atom is -0.462 e. The van der Waals surface area contributed by atoms with Gasteiger partial charge in [-0.15, -0.1) is 0 Å². The number of hydrogen-bond acceptors (Lipinski definition) is 6. The van der Waals surface area contributed by atoms with Gasteiger partial charge in [0.25, 0.3) is 0 Å². The van der Waals surface area contributed by atoms with E-state index in [0.29, 0.717) is 29.2 Å². The number of amides is 5. The maximum absolute atomic E-state index is 14.4. The van der Waals surface area contributed by atoms with Gasteiger partial charge < -0.3 is 30.9 Å². The van der Waals surface area contributed by atoms with E-state index in [2.05, 4.69) is 27.8 Å². The number of likely N-dealkylation sites (tertiary alicyclic amines) is 1. The number of benzene rings is 3. The molecule has 0 spiro atoms. The standard InChI is InChI=1S/C42H46FN5O6/c1-27-11-9-12-28(2)54-33-20-18-30(19-21-33)24-36(40(51)44-26-32-15-7-8-16-34(32)43)46-42(53)37(47-41(52)35(23-27)45-29(3)49)25-39(50)48-22-10-17-38(48)31-13-5-4-6-14-31/h4-9,11-16,18-21,35-38H,1,10,17,22-26H2,2-3H3,(H,44,51)(H,45,49)(H,46,53)(H,47,52)/b11-9-,28-12+/t35?,36?,37?,38-/m1/s1. The van der Waals surface area contributed by atoms with Gasteiger partial charge in [-0.3, -0.25) is 24.0 Å². The van der Waals surface area contributed by atoms with Crippen LogP contribution >= 0.6 is 0 Å². The van der Waals surface area contributed by atoms with Gasteiger partial charge in [-0.2, -0.15) is 0 Å². The molecule has 0 aliphatic carbocycles. The molecule has 3 aliphatic rings. The molecule has 3 heterocycles. The highest BCUT2D eigenvalue weighted by atomic mass is 19.1. The normalized spacial score (nSPS) is 22.6. The molecule has 1 saturated heterocycles. The summed E-state index contributed by atoms with van der Waals surface area (Å²) in [5.41, 5.74) is 2.39. The smallest absolute Gasteiger partial charge is 0.243 e. The Morgan fingerprint density at radius 3 is 2.39 bits per heavy atom. The summed E-state index contributed by atoms with van der Waals surface area (Å²) in [7, 11) is 0. The SMILES string of the molecule is C=C1/C=C\C=C(/C)Oc2ccc(cc2)CC(C(=O)NCc2ccccc2F)NC(=O)C(CC(=O)N2CCC[C@@H]2c2ccccc2)NC(=O)C(NC(C)=O)C1. The summed E-state index contributed by atoms with van der Waals surface area (Å²) in [6.07, 6.45) is 6.24. The van der Waals surface area contributed by atoms with E-state index in [1.165, 1.54) is 13.0 Å². The number of nitrogens with zero attached hydrogens (tertiary/aromatic N) is 1. The number of halogens is 1. The van der Waals surface area contributed by atoms with Crippen molar-refractivity contribution < 1.29 is 33.1 Å². The molecule has 11 nitrogen and oxygen atoms in total. The second-order valence-electron chi connectivity index (χ2n) is 13.5. The number of nitrogens with one attached hydrogen (secondary N) is 4. The van der Waals surface area contributed by atoms with Crippen LogP contribution in [0.4, 0.5) is 4.39 Å². The third-order valence-electron chi connectivity index (χ3n) is 9.28. The van der Waals surface area contributed by atoms with Crippen LogP contribution in [0.5, 0.6) is 5.75 Å². The summed E-state index contributed by atoms with van der Waals surface area (Å²) in [6.45, 7) is 7.40. The molecule has 2 bridgehead atoms. The van der Waals surface area contributed by atoms with Gasteiger partial charge in [-0.05, 0) is 55.2 Å². The summed E-state index contributed by atoms with van der Waals surface area (Å²) in [6, 6.07) is 18.7. The van der Waals surface area contributed by atoms with Crippen LogP contribution in [0.3, 0.4) is 0 Å². The lowest BCUT2D eigenvalue weighted by atomic mass is 10.0. The van der Waals surface area contributed by atoms with Gasteiger partial charge in [0.2, 0.25) is 29.5 Å². The van der Waals surface area contributed by atoms with Crippen LogP contribution in [-0.4, -0.2) is 59.1 Å². The van der Waals surface area contributed by atoms with Crippen LogP contribution in [0.15, 0.2) is 115 Å². The van der Waals surface area contributed by atoms with Gasteiger partial charge in [-0.1, -0.05) is 85.0 Å². The van der Waals surface area contributed by atoms with Crippen molar-refractivity contribution in [1.29, 1.82) is 0 Å². The zero-order valence-corrected chi connectivity index (χ0v) is 30.5. The molecule has 12 heteroatoms. The van der Waals surface area contributed by atoms with E-state index >= 15 is 0 Å². The molecule has 1 fully saturated rings. The van der Waals surface area contributed by atoms with Crippen LogP contribution in [0.1, 0.15) is 62.3 Å². The topological polar surface area (TPSA) is 146 Å². The zero-order chi connectivity index (χ0) is 38.6. The van der Waals surface area contributed by atoms with Gasteiger partial charge in [0, 0.05) is 38.4 Å². The molecule has 6 rings (SSSR count). The van der Waals surface area contributed by atoms with Crippen molar-refractivity contribution >= 4 is 29.5 Å². The largest absolute Gasteiger partial charge is 0.462 e. The Bertz CT molecular complexity index is 1910. The molecule has 282 valence electrons. The Balaban J connectivity index is 1.47. The number of rotatable bonds is 7. The van der Waals surface area contributed by atoms with Crippen LogP contribution in [-0.2, 0) is 36.9 Å². The van der Waals surface area contributed by atoms with Crippen molar-refractivity contribution in [2.45, 2.75) is 76.7 Å². The summed E-state index contributed by atoms with van der Waals surface area (Å²) in [5, 5.41) is 10.8. The fourth-order valence-corrected chi connectivity index (χ4v) is 6.54. The van der Waals surface area contributed by atoms with Gasteiger partial charge >= 0.3 is 0 Å². The van der Waals surface area contributed by atoms with Gasteiger partial charge in [0.15, 0.2) is 0 Å². The third kappa shape index (κ3) is 11.0. The highest BCUT2D eigenvalue weighted by Crippen LogP contribution is 2.32. The third-order valence-corrected chi connectivity index (χ3v) is 9.28. The fourth-order valence-electron chi connectivity index (χ4n) is 6.54.